The molecule has 4 heteroatoms. The molecule has 2 rings (SSSR count). The van der Waals surface area contributed by atoms with Crippen molar-refractivity contribution < 1.29 is 14.7 Å². The van der Waals surface area contributed by atoms with Gasteiger partial charge in [0.25, 0.3) is 5.91 Å². The molecule has 4 nitrogen and oxygen atoms in total. The minimum absolute atomic E-state index is 0.0375. The largest absolute Gasteiger partial charge is 0.481 e. The molecule has 0 spiro atoms. The molecule has 0 bridgehead atoms. The Morgan fingerprint density at radius 2 is 1.90 bits per heavy atom. The average Bonchev–Trinajstić information content (AvgIpc) is 2.46. The zero-order valence-electron chi connectivity index (χ0n) is 12.7. The first-order valence-electron chi connectivity index (χ1n) is 7.61. The van der Waals surface area contributed by atoms with Gasteiger partial charge in [-0.25, -0.2) is 0 Å². The molecule has 0 saturated carbocycles. The molecule has 1 aromatic carbocycles. The second-order valence-electron chi connectivity index (χ2n) is 6.02. The lowest BCUT2D eigenvalue weighted by molar-refractivity contribution is -0.138. The van der Waals surface area contributed by atoms with Crippen molar-refractivity contribution in [1.29, 1.82) is 0 Å². The summed E-state index contributed by atoms with van der Waals surface area (Å²) >= 11 is 0. The quantitative estimate of drug-likeness (QED) is 0.925. The Kier molecular flexibility index (Phi) is 4.99. The fraction of sp³-hybridized carbons (Fsp3) is 0.529. The summed E-state index contributed by atoms with van der Waals surface area (Å²) < 4.78 is 0. The van der Waals surface area contributed by atoms with E-state index in [4.69, 9.17) is 5.11 Å². The number of hydrogen-bond donors (Lipinski definition) is 1. The lowest BCUT2D eigenvalue weighted by Crippen LogP contribution is -2.44. The number of rotatable bonds is 4. The predicted molar refractivity (Wildman–Crippen MR) is 81.5 cm³/mol. The standard InChI is InChI=1S/C17H23NO3/c1-12(2)13-6-8-14(9-7-13)17(21)18-10-4-3-5-15(18)11-16(19)20/h6-9,12,15H,3-5,10-11H2,1-2H3,(H,19,20)/t15-/m0/s1. The summed E-state index contributed by atoms with van der Waals surface area (Å²) in [5.41, 5.74) is 1.85. The molecule has 0 aromatic heterocycles. The molecule has 0 unspecified atom stereocenters. The summed E-state index contributed by atoms with van der Waals surface area (Å²) in [5.74, 6) is -0.449. The highest BCUT2D eigenvalue weighted by molar-refractivity contribution is 5.94. The fourth-order valence-electron chi connectivity index (χ4n) is 2.86. The third kappa shape index (κ3) is 3.84. The maximum Gasteiger partial charge on any atom is 0.305 e. The second-order valence-corrected chi connectivity index (χ2v) is 6.02. The lowest BCUT2D eigenvalue weighted by atomic mass is 9.97. The van der Waals surface area contributed by atoms with Crippen molar-refractivity contribution in [3.8, 4) is 0 Å². The Hall–Kier alpha value is -1.84. The van der Waals surface area contributed by atoms with Gasteiger partial charge in [-0.15, -0.1) is 0 Å². The number of benzene rings is 1. The van der Waals surface area contributed by atoms with E-state index in [1.807, 2.05) is 24.3 Å². The Morgan fingerprint density at radius 1 is 1.24 bits per heavy atom. The molecule has 1 aliphatic heterocycles. The van der Waals surface area contributed by atoms with E-state index in [1.54, 1.807) is 4.90 Å². The lowest BCUT2D eigenvalue weighted by Gasteiger charge is -2.35. The minimum Gasteiger partial charge on any atom is -0.481 e. The molecule has 0 aliphatic carbocycles. The highest BCUT2D eigenvalue weighted by atomic mass is 16.4. The second kappa shape index (κ2) is 6.74. The van der Waals surface area contributed by atoms with Crippen molar-refractivity contribution in [3.05, 3.63) is 35.4 Å². The summed E-state index contributed by atoms with van der Waals surface area (Å²) in [5, 5.41) is 9.00. The van der Waals surface area contributed by atoms with Gasteiger partial charge in [0.15, 0.2) is 0 Å². The van der Waals surface area contributed by atoms with Crippen LogP contribution in [0.1, 0.15) is 61.4 Å². The number of amides is 1. The van der Waals surface area contributed by atoms with Crippen molar-refractivity contribution >= 4 is 11.9 Å². The molecule has 1 aromatic rings. The first kappa shape index (κ1) is 15.5. The molecule has 1 heterocycles. The van der Waals surface area contributed by atoms with Gasteiger partial charge in [0.1, 0.15) is 0 Å². The van der Waals surface area contributed by atoms with Gasteiger partial charge in [0, 0.05) is 18.2 Å². The van der Waals surface area contributed by atoms with Crippen LogP contribution in [0, 0.1) is 0 Å². The Labute approximate surface area is 125 Å². The highest BCUT2D eigenvalue weighted by Gasteiger charge is 2.29. The molecular formula is C17H23NO3. The molecule has 1 saturated heterocycles. The van der Waals surface area contributed by atoms with E-state index in [2.05, 4.69) is 13.8 Å². The minimum atomic E-state index is -0.838. The molecular weight excluding hydrogens is 266 g/mol. The number of carboxylic acid groups (broad SMARTS) is 1. The normalized spacial score (nSPS) is 18.8. The number of carbonyl (C=O) groups is 2. The first-order chi connectivity index (χ1) is 9.99. The SMILES string of the molecule is CC(C)c1ccc(C(=O)N2CCCC[C@H]2CC(=O)O)cc1. The maximum absolute atomic E-state index is 12.6. The topological polar surface area (TPSA) is 57.6 Å². The molecule has 0 radical (unpaired) electrons. The summed E-state index contributed by atoms with van der Waals surface area (Å²) in [7, 11) is 0. The van der Waals surface area contributed by atoms with Gasteiger partial charge in [0.2, 0.25) is 0 Å². The van der Waals surface area contributed by atoms with Crippen LogP contribution in [-0.2, 0) is 4.79 Å². The van der Waals surface area contributed by atoms with Gasteiger partial charge in [-0.05, 0) is 42.9 Å². The van der Waals surface area contributed by atoms with E-state index in [1.165, 1.54) is 5.56 Å². The number of nitrogens with zero attached hydrogens (tertiary/aromatic N) is 1. The molecule has 1 atom stereocenters. The number of hydrogen-bond acceptors (Lipinski definition) is 2. The van der Waals surface area contributed by atoms with E-state index >= 15 is 0 Å². The van der Waals surface area contributed by atoms with Gasteiger partial charge >= 0.3 is 5.97 Å². The number of piperidine rings is 1. The zero-order valence-corrected chi connectivity index (χ0v) is 12.7. The van der Waals surface area contributed by atoms with Crippen molar-refractivity contribution in [3.63, 3.8) is 0 Å². The zero-order chi connectivity index (χ0) is 15.4. The van der Waals surface area contributed by atoms with Crippen molar-refractivity contribution in [1.82, 2.24) is 4.90 Å². The molecule has 21 heavy (non-hydrogen) atoms. The number of likely N-dealkylation sites (tertiary alicyclic amines) is 1. The predicted octanol–water partition coefficient (Wildman–Crippen LogP) is 3.28. The van der Waals surface area contributed by atoms with Gasteiger partial charge in [0.05, 0.1) is 6.42 Å². The van der Waals surface area contributed by atoms with Crippen LogP contribution in [0.15, 0.2) is 24.3 Å². The monoisotopic (exact) mass is 289 g/mol. The van der Waals surface area contributed by atoms with Gasteiger partial charge < -0.3 is 10.0 Å². The summed E-state index contributed by atoms with van der Waals surface area (Å²) in [6, 6.07) is 7.49. The average molecular weight is 289 g/mol. The van der Waals surface area contributed by atoms with Crippen LogP contribution in [0.5, 0.6) is 0 Å². The Bertz CT molecular complexity index is 507. The van der Waals surface area contributed by atoms with E-state index < -0.39 is 5.97 Å². The highest BCUT2D eigenvalue weighted by Crippen LogP contribution is 2.23. The van der Waals surface area contributed by atoms with Crippen LogP contribution < -0.4 is 0 Å². The molecule has 114 valence electrons. The Morgan fingerprint density at radius 3 is 2.48 bits per heavy atom. The first-order valence-corrected chi connectivity index (χ1v) is 7.61. The van der Waals surface area contributed by atoms with Crippen molar-refractivity contribution in [2.75, 3.05) is 6.54 Å². The van der Waals surface area contributed by atoms with E-state index in [9.17, 15) is 9.59 Å². The third-order valence-electron chi connectivity index (χ3n) is 4.12. The fourth-order valence-corrected chi connectivity index (χ4v) is 2.86. The van der Waals surface area contributed by atoms with Crippen molar-refractivity contribution in [2.45, 2.75) is 51.5 Å². The van der Waals surface area contributed by atoms with Crippen LogP contribution in [0.4, 0.5) is 0 Å². The molecule has 1 amide bonds. The van der Waals surface area contributed by atoms with Gasteiger partial charge in [-0.1, -0.05) is 26.0 Å². The smallest absolute Gasteiger partial charge is 0.305 e. The number of carbonyl (C=O) groups excluding carboxylic acids is 1. The van der Waals surface area contributed by atoms with Crippen LogP contribution >= 0.6 is 0 Å². The van der Waals surface area contributed by atoms with Crippen molar-refractivity contribution in [2.24, 2.45) is 0 Å². The molecule has 1 aliphatic rings. The third-order valence-corrected chi connectivity index (χ3v) is 4.12. The summed E-state index contributed by atoms with van der Waals surface area (Å²) in [6.45, 7) is 4.89. The van der Waals surface area contributed by atoms with Gasteiger partial charge in [-0.3, -0.25) is 9.59 Å². The number of carboxylic acids is 1. The van der Waals surface area contributed by atoms with Crippen LogP contribution in [-0.4, -0.2) is 34.5 Å². The van der Waals surface area contributed by atoms with E-state index in [-0.39, 0.29) is 18.4 Å². The summed E-state index contributed by atoms with van der Waals surface area (Å²) in [4.78, 5) is 25.3. The van der Waals surface area contributed by atoms with E-state index in [0.29, 0.717) is 18.0 Å². The van der Waals surface area contributed by atoms with Gasteiger partial charge in [-0.2, -0.15) is 0 Å². The maximum atomic E-state index is 12.6. The van der Waals surface area contributed by atoms with Crippen LogP contribution in [0.2, 0.25) is 0 Å². The molecule has 1 fully saturated rings. The van der Waals surface area contributed by atoms with E-state index in [0.717, 1.165) is 19.3 Å². The summed E-state index contributed by atoms with van der Waals surface area (Å²) in [6.07, 6.45) is 2.76. The Balaban J connectivity index is 2.14. The molecule has 1 N–H and O–H groups in total. The van der Waals surface area contributed by atoms with Crippen LogP contribution in [0.3, 0.4) is 0 Å². The number of aliphatic carboxylic acids is 1. The van der Waals surface area contributed by atoms with Crippen LogP contribution in [0.25, 0.3) is 0 Å².